The Bertz CT molecular complexity index is 613. The fourth-order valence-electron chi connectivity index (χ4n) is 2.04. The van der Waals surface area contributed by atoms with E-state index in [2.05, 4.69) is 14.7 Å². The number of H-pyrrole nitrogens is 1. The monoisotopic (exact) mass is 339 g/mol. The Balaban J connectivity index is 2.16. The lowest BCUT2D eigenvalue weighted by molar-refractivity contribution is -0.0233. The van der Waals surface area contributed by atoms with Gasteiger partial charge in [-0.1, -0.05) is 0 Å². The number of aliphatic hydroxyl groups is 2. The molecule has 2 heterocycles. The molecule has 1 aromatic rings. The van der Waals surface area contributed by atoms with Crippen molar-refractivity contribution in [3.8, 4) is 0 Å². The number of nitrogens with zero attached hydrogens (tertiary/aromatic N) is 1. The summed E-state index contributed by atoms with van der Waals surface area (Å²) in [6.07, 6.45) is -5.54. The molecule has 0 unspecified atom stereocenters. The zero-order valence-electron chi connectivity index (χ0n) is 10.9. The number of ether oxygens (including phenoxy) is 1. The Kier molecular flexibility index (Phi) is 4.54. The molecule has 1 aliphatic rings. The van der Waals surface area contributed by atoms with E-state index in [-0.39, 0.29) is 11.4 Å². The molecule has 13 heteroatoms. The molecule has 8 N–H and O–H groups in total. The van der Waals surface area contributed by atoms with E-state index < -0.39 is 50.5 Å². The van der Waals surface area contributed by atoms with E-state index in [1.807, 2.05) is 0 Å². The Morgan fingerprint density at radius 2 is 2.05 bits per heavy atom. The lowest BCUT2D eigenvalue weighted by Gasteiger charge is -2.14. The number of nitrogen functional groups attached to an aromatic ring is 1. The largest absolute Gasteiger partial charge is 0.476 e. The molecule has 0 spiro atoms. The number of phosphoric acid groups is 1. The molecule has 0 amide bonds. The maximum atomic E-state index is 10.9. The van der Waals surface area contributed by atoms with Gasteiger partial charge in [-0.15, -0.1) is 0 Å². The summed E-state index contributed by atoms with van der Waals surface area (Å²) >= 11 is 0. The molecule has 0 saturated carbocycles. The summed E-state index contributed by atoms with van der Waals surface area (Å²) in [5.41, 5.74) is 4.76. The molecule has 0 aromatic carbocycles. The van der Waals surface area contributed by atoms with Crippen LogP contribution in [-0.2, 0) is 13.8 Å². The second kappa shape index (κ2) is 5.93. The summed E-state index contributed by atoms with van der Waals surface area (Å²) in [5, 5.41) is 34.3. The van der Waals surface area contributed by atoms with Gasteiger partial charge in [-0.25, -0.2) is 9.36 Å². The van der Waals surface area contributed by atoms with E-state index in [1.165, 1.54) is 0 Å². The number of rotatable bonds is 5. The zero-order chi connectivity index (χ0) is 16.7. The molecule has 0 radical (unpaired) electrons. The summed E-state index contributed by atoms with van der Waals surface area (Å²) in [4.78, 5) is 28.1. The van der Waals surface area contributed by atoms with Crippen LogP contribution in [-0.4, -0.2) is 66.2 Å². The van der Waals surface area contributed by atoms with Crippen molar-refractivity contribution in [1.29, 1.82) is 0 Å². The van der Waals surface area contributed by atoms with Crippen molar-refractivity contribution in [3.63, 3.8) is 0 Å². The third kappa shape index (κ3) is 3.28. The smallest absolute Gasteiger partial charge is 0.469 e. The van der Waals surface area contributed by atoms with Crippen LogP contribution in [0.3, 0.4) is 0 Å². The van der Waals surface area contributed by atoms with E-state index in [0.717, 1.165) is 0 Å². The Morgan fingerprint density at radius 1 is 1.41 bits per heavy atom. The molecule has 2 rings (SSSR count). The molecule has 1 fully saturated rings. The highest BCUT2D eigenvalue weighted by atomic mass is 31.2. The van der Waals surface area contributed by atoms with Gasteiger partial charge >= 0.3 is 13.8 Å². The van der Waals surface area contributed by atoms with Gasteiger partial charge < -0.3 is 35.6 Å². The maximum absolute atomic E-state index is 10.9. The molecule has 1 aliphatic heterocycles. The number of nitrogens with one attached hydrogen (secondary N) is 1. The highest BCUT2D eigenvalue weighted by molar-refractivity contribution is 7.46. The second-order valence-corrected chi connectivity index (χ2v) is 5.81. The molecule has 1 aromatic heterocycles. The first-order valence-electron chi connectivity index (χ1n) is 5.90. The van der Waals surface area contributed by atoms with Crippen LogP contribution in [0, 0.1) is 0 Å². The Hall–Kier alpha value is -1.53. The summed E-state index contributed by atoms with van der Waals surface area (Å²) < 4.78 is 20.1. The predicted octanol–water partition coefficient (Wildman–Crippen LogP) is -2.04. The average Bonchev–Trinajstić information content (AvgIpc) is 2.90. The van der Waals surface area contributed by atoms with Crippen LogP contribution < -0.4 is 5.73 Å². The first kappa shape index (κ1) is 16.8. The van der Waals surface area contributed by atoms with Crippen molar-refractivity contribution < 1.29 is 43.7 Å². The lowest BCUT2D eigenvalue weighted by Crippen LogP contribution is -2.33. The SMILES string of the molecule is Nc1c(C(=O)O)n[nH]c1[C@@H]1O[C@H](COP(=O)(O)O)[C@@H](O)[C@H]1O. The number of hydrogen-bond donors (Lipinski definition) is 7. The summed E-state index contributed by atoms with van der Waals surface area (Å²) in [6.45, 7) is -0.682. The molecule has 4 atom stereocenters. The minimum absolute atomic E-state index is 0.0670. The molecule has 0 aliphatic carbocycles. The van der Waals surface area contributed by atoms with Gasteiger partial charge in [0.1, 0.15) is 24.4 Å². The van der Waals surface area contributed by atoms with Gasteiger partial charge in [0.15, 0.2) is 5.69 Å². The van der Waals surface area contributed by atoms with E-state index in [9.17, 15) is 19.6 Å². The van der Waals surface area contributed by atoms with Crippen LogP contribution >= 0.6 is 7.82 Å². The predicted molar refractivity (Wildman–Crippen MR) is 67.6 cm³/mol. The van der Waals surface area contributed by atoms with E-state index in [4.69, 9.17) is 25.4 Å². The van der Waals surface area contributed by atoms with Gasteiger partial charge in [-0.3, -0.25) is 9.62 Å². The minimum Gasteiger partial charge on any atom is -0.476 e. The Labute approximate surface area is 122 Å². The van der Waals surface area contributed by atoms with E-state index >= 15 is 0 Å². The summed E-state index contributed by atoms with van der Waals surface area (Å²) in [5.74, 6) is -1.39. The molecule has 12 nitrogen and oxygen atoms in total. The van der Waals surface area contributed by atoms with Crippen LogP contribution in [0.5, 0.6) is 0 Å². The molecular weight excluding hydrogens is 325 g/mol. The van der Waals surface area contributed by atoms with Crippen molar-refractivity contribution in [2.24, 2.45) is 0 Å². The molecule has 0 bridgehead atoms. The summed E-state index contributed by atoms with van der Waals surface area (Å²) in [7, 11) is -4.77. The molecule has 22 heavy (non-hydrogen) atoms. The number of carboxylic acids is 1. The topological polar surface area (TPSA) is 208 Å². The van der Waals surface area contributed by atoms with Crippen LogP contribution in [0.15, 0.2) is 0 Å². The number of carboxylic acid groups (broad SMARTS) is 1. The fourth-order valence-corrected chi connectivity index (χ4v) is 2.38. The fraction of sp³-hybridized carbons (Fsp3) is 0.556. The van der Waals surface area contributed by atoms with Crippen molar-refractivity contribution in [2.75, 3.05) is 12.3 Å². The highest BCUT2D eigenvalue weighted by Gasteiger charge is 2.46. The third-order valence-electron chi connectivity index (χ3n) is 3.09. The van der Waals surface area contributed by atoms with Crippen molar-refractivity contribution in [3.05, 3.63) is 11.4 Å². The van der Waals surface area contributed by atoms with Crippen LogP contribution in [0.2, 0.25) is 0 Å². The number of anilines is 1. The van der Waals surface area contributed by atoms with Gasteiger partial charge in [-0.2, -0.15) is 5.10 Å². The first-order chi connectivity index (χ1) is 10.1. The van der Waals surface area contributed by atoms with E-state index in [0.29, 0.717) is 0 Å². The van der Waals surface area contributed by atoms with Gasteiger partial charge in [-0.05, 0) is 0 Å². The first-order valence-corrected chi connectivity index (χ1v) is 7.43. The quantitative estimate of drug-likeness (QED) is 0.290. The average molecular weight is 339 g/mol. The van der Waals surface area contributed by atoms with Crippen molar-refractivity contribution in [1.82, 2.24) is 10.2 Å². The van der Waals surface area contributed by atoms with Crippen molar-refractivity contribution >= 4 is 19.5 Å². The minimum atomic E-state index is -4.77. The normalized spacial score (nSPS) is 28.9. The number of hydrogen-bond acceptors (Lipinski definition) is 8. The van der Waals surface area contributed by atoms with E-state index in [1.54, 1.807) is 0 Å². The second-order valence-electron chi connectivity index (χ2n) is 4.57. The number of nitrogens with two attached hydrogens (primary N) is 1. The third-order valence-corrected chi connectivity index (χ3v) is 3.58. The van der Waals surface area contributed by atoms with Gasteiger partial charge in [0, 0.05) is 0 Å². The number of aliphatic hydroxyl groups excluding tert-OH is 2. The van der Waals surface area contributed by atoms with Crippen LogP contribution in [0.1, 0.15) is 22.3 Å². The van der Waals surface area contributed by atoms with Gasteiger partial charge in [0.25, 0.3) is 0 Å². The number of aromatic amines is 1. The maximum Gasteiger partial charge on any atom is 0.469 e. The highest BCUT2D eigenvalue weighted by Crippen LogP contribution is 2.40. The molecule has 1 saturated heterocycles. The Morgan fingerprint density at radius 3 is 2.55 bits per heavy atom. The number of aromatic nitrogens is 2. The molecular formula is C9H14N3O9P. The van der Waals surface area contributed by atoms with Gasteiger partial charge in [0.2, 0.25) is 0 Å². The van der Waals surface area contributed by atoms with Crippen LogP contribution in [0.25, 0.3) is 0 Å². The van der Waals surface area contributed by atoms with Crippen molar-refractivity contribution in [2.45, 2.75) is 24.4 Å². The number of aromatic carboxylic acids is 1. The number of carbonyl (C=O) groups is 1. The number of phosphoric ester groups is 1. The lowest BCUT2D eigenvalue weighted by atomic mass is 10.0. The van der Waals surface area contributed by atoms with Crippen LogP contribution in [0.4, 0.5) is 5.69 Å². The molecule has 124 valence electrons. The zero-order valence-corrected chi connectivity index (χ0v) is 11.8. The summed E-state index contributed by atoms with van der Waals surface area (Å²) in [6, 6.07) is 0. The van der Waals surface area contributed by atoms with Gasteiger partial charge in [0.05, 0.1) is 18.0 Å². The standard InChI is InChI=1S/C9H14N3O9P/c10-3-4(11-12-5(3)9(15)16)8-7(14)6(13)2(21-8)1-20-22(17,18)19/h2,6-8,13-14H,1,10H2,(H,11,12)(H,15,16)(H2,17,18,19)/t2-,6-,7-,8+/m1/s1.